The molecule has 1 saturated heterocycles. The highest BCUT2D eigenvalue weighted by Crippen LogP contribution is 2.31. The summed E-state index contributed by atoms with van der Waals surface area (Å²) < 4.78 is 4.94. The molecule has 3 rings (SSSR count). The molecule has 1 aromatic rings. The van der Waals surface area contributed by atoms with Crippen LogP contribution in [0.3, 0.4) is 0 Å². The number of hydrogen-bond acceptors (Lipinski definition) is 4. The smallest absolute Gasteiger partial charge is 0.310 e. The number of rotatable bonds is 4. The Morgan fingerprint density at radius 2 is 2.11 bits per heavy atom. The summed E-state index contributed by atoms with van der Waals surface area (Å²) in [6.07, 6.45) is 4.47. The van der Waals surface area contributed by atoms with Gasteiger partial charge >= 0.3 is 5.97 Å². The molecule has 0 aromatic heterocycles. The van der Waals surface area contributed by atoms with Crippen molar-refractivity contribution in [3.05, 3.63) is 28.8 Å². The summed E-state index contributed by atoms with van der Waals surface area (Å²) in [6, 6.07) is 3.85. The first-order valence-corrected chi connectivity index (χ1v) is 9.98. The normalized spacial score (nSPS) is 22.5. The summed E-state index contributed by atoms with van der Waals surface area (Å²) in [6.45, 7) is 6.69. The van der Waals surface area contributed by atoms with Gasteiger partial charge in [0.15, 0.2) is 5.96 Å². The molecule has 1 heterocycles. The fourth-order valence-electron chi connectivity index (χ4n) is 4.25. The third-order valence-electron chi connectivity index (χ3n) is 5.76. The monoisotopic (exact) mass is 373 g/mol. The summed E-state index contributed by atoms with van der Waals surface area (Å²) in [4.78, 5) is 18.9. The van der Waals surface area contributed by atoms with Crippen LogP contribution in [0.15, 0.2) is 17.1 Å². The highest BCUT2D eigenvalue weighted by Gasteiger charge is 2.36. The number of nitrogens with one attached hydrogen (secondary N) is 1. The predicted octanol–water partition coefficient (Wildman–Crippen LogP) is 2.48. The minimum Gasteiger partial charge on any atom is -0.508 e. The molecule has 0 bridgehead atoms. The van der Waals surface area contributed by atoms with Crippen LogP contribution in [-0.2, 0) is 28.9 Å². The van der Waals surface area contributed by atoms with Crippen LogP contribution in [0, 0.1) is 11.8 Å². The van der Waals surface area contributed by atoms with Gasteiger partial charge in [0.1, 0.15) is 5.75 Å². The van der Waals surface area contributed by atoms with E-state index < -0.39 is 0 Å². The quantitative estimate of drug-likeness (QED) is 0.482. The van der Waals surface area contributed by atoms with Gasteiger partial charge in [-0.2, -0.15) is 0 Å². The highest BCUT2D eigenvalue weighted by molar-refractivity contribution is 5.82. The van der Waals surface area contributed by atoms with Gasteiger partial charge in [-0.05, 0) is 55.7 Å². The van der Waals surface area contributed by atoms with E-state index in [4.69, 9.17) is 9.73 Å². The third-order valence-corrected chi connectivity index (χ3v) is 5.76. The van der Waals surface area contributed by atoms with Crippen LogP contribution in [0.2, 0.25) is 0 Å². The number of benzene rings is 1. The van der Waals surface area contributed by atoms with Gasteiger partial charge in [0, 0.05) is 25.2 Å². The number of methoxy groups -OCH3 is 1. The molecule has 2 unspecified atom stereocenters. The van der Waals surface area contributed by atoms with Crippen molar-refractivity contribution in [1.82, 2.24) is 10.2 Å². The van der Waals surface area contributed by atoms with E-state index in [1.807, 2.05) is 13.0 Å². The first kappa shape index (κ1) is 19.5. The number of nitrogens with zero attached hydrogens (tertiary/aromatic N) is 2. The molecular formula is C21H31N3O3. The number of guanidine groups is 1. The number of aliphatic imine (C=N–C) groups is 1. The van der Waals surface area contributed by atoms with Gasteiger partial charge in [0.05, 0.1) is 19.6 Å². The number of carbonyl (C=O) groups is 1. The second-order valence-corrected chi connectivity index (χ2v) is 7.59. The van der Waals surface area contributed by atoms with Crippen molar-refractivity contribution in [2.75, 3.05) is 26.7 Å². The number of esters is 1. The van der Waals surface area contributed by atoms with E-state index in [1.54, 1.807) is 6.07 Å². The van der Waals surface area contributed by atoms with Crippen molar-refractivity contribution in [2.45, 2.75) is 46.1 Å². The molecule has 1 aliphatic carbocycles. The first-order chi connectivity index (χ1) is 13.0. The Balaban J connectivity index is 1.80. The van der Waals surface area contributed by atoms with E-state index in [2.05, 4.69) is 17.1 Å². The van der Waals surface area contributed by atoms with E-state index in [0.29, 0.717) is 18.8 Å². The first-order valence-electron chi connectivity index (χ1n) is 9.98. The molecule has 0 saturated carbocycles. The van der Waals surface area contributed by atoms with Crippen LogP contribution in [0.4, 0.5) is 0 Å². The van der Waals surface area contributed by atoms with Crippen molar-refractivity contribution in [1.29, 1.82) is 0 Å². The van der Waals surface area contributed by atoms with Gasteiger partial charge in [0.2, 0.25) is 0 Å². The Bertz CT molecular complexity index is 717. The van der Waals surface area contributed by atoms with Gasteiger partial charge in [0.25, 0.3) is 0 Å². The Kier molecular flexibility index (Phi) is 6.24. The molecule has 6 heteroatoms. The summed E-state index contributed by atoms with van der Waals surface area (Å²) >= 11 is 0. The lowest BCUT2D eigenvalue weighted by atomic mass is 9.88. The van der Waals surface area contributed by atoms with E-state index in [9.17, 15) is 9.90 Å². The van der Waals surface area contributed by atoms with Crippen LogP contribution in [0.1, 0.15) is 43.4 Å². The van der Waals surface area contributed by atoms with Crippen LogP contribution >= 0.6 is 0 Å². The molecule has 6 nitrogen and oxygen atoms in total. The van der Waals surface area contributed by atoms with E-state index >= 15 is 0 Å². The number of likely N-dealkylation sites (tertiary alicyclic amines) is 1. The van der Waals surface area contributed by atoms with Gasteiger partial charge in [-0.3, -0.25) is 4.79 Å². The van der Waals surface area contributed by atoms with Gasteiger partial charge in [-0.1, -0.05) is 13.0 Å². The molecule has 1 aromatic carbocycles. The summed E-state index contributed by atoms with van der Waals surface area (Å²) in [7, 11) is 1.44. The van der Waals surface area contributed by atoms with Crippen LogP contribution in [0.25, 0.3) is 0 Å². The lowest BCUT2D eigenvalue weighted by Crippen LogP contribution is -2.40. The number of aryl methyl sites for hydroxylation is 1. The Labute approximate surface area is 161 Å². The van der Waals surface area contributed by atoms with Crippen molar-refractivity contribution >= 4 is 11.9 Å². The van der Waals surface area contributed by atoms with Crippen molar-refractivity contribution < 1.29 is 14.6 Å². The Hall–Kier alpha value is -2.24. The Morgan fingerprint density at radius 3 is 2.85 bits per heavy atom. The average Bonchev–Trinajstić information content (AvgIpc) is 3.07. The van der Waals surface area contributed by atoms with Crippen molar-refractivity contribution in [3.63, 3.8) is 0 Å². The standard InChI is InChI=1S/C21H31N3O3/c1-4-22-21(24-12-14(2)18(13-24)20(26)27-3)23-11-17-16-8-6-5-7-15(16)9-10-19(17)25/h9-10,14,18,25H,4-8,11-13H2,1-3H3,(H,22,23). The fourth-order valence-corrected chi connectivity index (χ4v) is 4.25. The zero-order valence-electron chi connectivity index (χ0n) is 16.6. The molecule has 2 atom stereocenters. The average molecular weight is 373 g/mol. The minimum atomic E-state index is -0.157. The number of carbonyl (C=O) groups excluding carboxylic acids is 1. The third kappa shape index (κ3) is 4.20. The Morgan fingerprint density at radius 1 is 1.33 bits per heavy atom. The van der Waals surface area contributed by atoms with Gasteiger partial charge in [-0.15, -0.1) is 0 Å². The molecule has 27 heavy (non-hydrogen) atoms. The number of fused-ring (bicyclic) bond motifs is 1. The topological polar surface area (TPSA) is 74.2 Å². The molecule has 0 radical (unpaired) electrons. The molecular weight excluding hydrogens is 342 g/mol. The van der Waals surface area contributed by atoms with Crippen LogP contribution < -0.4 is 5.32 Å². The largest absolute Gasteiger partial charge is 0.508 e. The number of ether oxygens (including phenoxy) is 1. The maximum Gasteiger partial charge on any atom is 0.310 e. The summed E-state index contributed by atoms with van der Waals surface area (Å²) in [5.41, 5.74) is 3.55. The van der Waals surface area contributed by atoms with Crippen molar-refractivity contribution in [2.24, 2.45) is 16.8 Å². The zero-order valence-corrected chi connectivity index (χ0v) is 16.6. The van der Waals surface area contributed by atoms with Crippen LogP contribution in [-0.4, -0.2) is 48.7 Å². The zero-order chi connectivity index (χ0) is 19.4. The lowest BCUT2D eigenvalue weighted by molar-refractivity contribution is -0.145. The summed E-state index contributed by atoms with van der Waals surface area (Å²) in [5.74, 6) is 1.06. The maximum atomic E-state index is 12.0. The molecule has 148 valence electrons. The predicted molar refractivity (Wildman–Crippen MR) is 106 cm³/mol. The molecule has 2 aliphatic rings. The summed E-state index contributed by atoms with van der Waals surface area (Å²) in [5, 5.41) is 13.7. The van der Waals surface area contributed by atoms with Gasteiger partial charge < -0.3 is 20.1 Å². The van der Waals surface area contributed by atoms with E-state index in [-0.39, 0.29) is 17.8 Å². The molecule has 0 spiro atoms. The number of phenolic OH excluding ortho intramolecular Hbond substituents is 1. The number of hydrogen-bond donors (Lipinski definition) is 2. The molecule has 1 fully saturated rings. The number of aromatic hydroxyl groups is 1. The molecule has 1 aliphatic heterocycles. The highest BCUT2D eigenvalue weighted by atomic mass is 16.5. The van der Waals surface area contributed by atoms with E-state index in [0.717, 1.165) is 43.9 Å². The minimum absolute atomic E-state index is 0.128. The second-order valence-electron chi connectivity index (χ2n) is 7.59. The molecule has 0 amide bonds. The second kappa shape index (κ2) is 8.63. The van der Waals surface area contributed by atoms with E-state index in [1.165, 1.54) is 24.7 Å². The number of phenols is 1. The fraction of sp³-hybridized carbons (Fsp3) is 0.619. The molecule has 2 N–H and O–H groups in total. The van der Waals surface area contributed by atoms with Crippen LogP contribution in [0.5, 0.6) is 5.75 Å². The lowest BCUT2D eigenvalue weighted by Gasteiger charge is -2.23. The van der Waals surface area contributed by atoms with Crippen molar-refractivity contribution in [3.8, 4) is 5.75 Å². The SMILES string of the molecule is CCNC(=NCc1c(O)ccc2c1CCCC2)N1CC(C)C(C(=O)OC)C1. The van der Waals surface area contributed by atoms with Gasteiger partial charge in [-0.25, -0.2) is 4.99 Å². The maximum absolute atomic E-state index is 12.0.